The minimum Gasteiger partial charge on any atom is -0.506 e. The predicted molar refractivity (Wildman–Crippen MR) is 87.6 cm³/mol. The van der Waals surface area contributed by atoms with Crippen molar-refractivity contribution in [2.24, 2.45) is 0 Å². The Morgan fingerprint density at radius 3 is 2.52 bits per heavy atom. The molecule has 2 N–H and O–H groups in total. The Bertz CT molecular complexity index is 627. The van der Waals surface area contributed by atoms with E-state index in [-0.39, 0.29) is 5.75 Å². The molecule has 0 heterocycles. The lowest BCUT2D eigenvalue weighted by Gasteiger charge is -2.13. The third-order valence-electron chi connectivity index (χ3n) is 3.07. The average Bonchev–Trinajstić information content (AvgIpc) is 2.43. The van der Waals surface area contributed by atoms with E-state index in [1.807, 2.05) is 50.3 Å². The Morgan fingerprint density at radius 2 is 1.86 bits per heavy atom. The van der Waals surface area contributed by atoms with Gasteiger partial charge in [-0.3, -0.25) is 0 Å². The number of hydrogen-bond acceptors (Lipinski definition) is 3. The van der Waals surface area contributed by atoms with Crippen LogP contribution in [0, 0.1) is 13.8 Å². The van der Waals surface area contributed by atoms with Crippen molar-refractivity contribution < 1.29 is 9.94 Å². The van der Waals surface area contributed by atoms with Crippen LogP contribution in [-0.4, -0.2) is 5.11 Å². The molecule has 0 spiro atoms. The first-order chi connectivity index (χ1) is 10.1. The molecule has 0 atom stereocenters. The molecule has 0 amide bonds. The lowest BCUT2D eigenvalue weighted by atomic mass is 10.1. The molecular weight excluding hydrogens is 262 g/mol. The van der Waals surface area contributed by atoms with Crippen LogP contribution in [0.2, 0.25) is 0 Å². The van der Waals surface area contributed by atoms with Gasteiger partial charge in [-0.1, -0.05) is 37.3 Å². The SMILES string of the molecule is CC/C=C\c1cccc(O)c1NOc1cc(C)cc(C)c1. The quantitative estimate of drug-likeness (QED) is 0.609. The zero-order valence-corrected chi connectivity index (χ0v) is 12.7. The van der Waals surface area contributed by atoms with Crippen LogP contribution in [0.1, 0.15) is 30.0 Å². The summed E-state index contributed by atoms with van der Waals surface area (Å²) in [5.41, 5.74) is 6.59. The molecule has 21 heavy (non-hydrogen) atoms. The molecule has 0 aliphatic carbocycles. The van der Waals surface area contributed by atoms with Gasteiger partial charge in [-0.15, -0.1) is 0 Å². The molecule has 0 unspecified atom stereocenters. The molecule has 2 rings (SSSR count). The molecule has 0 radical (unpaired) electrons. The number of anilines is 1. The number of hydrogen-bond donors (Lipinski definition) is 2. The van der Waals surface area contributed by atoms with Crippen molar-refractivity contribution in [3.05, 3.63) is 59.2 Å². The van der Waals surface area contributed by atoms with Crippen molar-refractivity contribution >= 4 is 11.8 Å². The van der Waals surface area contributed by atoms with Gasteiger partial charge in [0.05, 0.1) is 0 Å². The summed E-state index contributed by atoms with van der Waals surface area (Å²) < 4.78 is 0. The monoisotopic (exact) mass is 283 g/mol. The van der Waals surface area contributed by atoms with Gasteiger partial charge in [0.15, 0.2) is 5.75 Å². The predicted octanol–water partition coefficient (Wildman–Crippen LogP) is 4.84. The Kier molecular flexibility index (Phi) is 4.88. The molecule has 0 bridgehead atoms. The van der Waals surface area contributed by atoms with E-state index in [2.05, 4.69) is 18.5 Å². The van der Waals surface area contributed by atoms with Crippen LogP contribution in [-0.2, 0) is 0 Å². The summed E-state index contributed by atoms with van der Waals surface area (Å²) in [5, 5.41) is 10.0. The molecule has 0 aromatic heterocycles. The number of nitrogens with one attached hydrogen (secondary N) is 1. The van der Waals surface area contributed by atoms with E-state index in [9.17, 15) is 5.11 Å². The zero-order chi connectivity index (χ0) is 15.2. The van der Waals surface area contributed by atoms with Crippen LogP contribution in [0.25, 0.3) is 6.08 Å². The molecular formula is C18H21NO2. The van der Waals surface area contributed by atoms with E-state index < -0.39 is 0 Å². The summed E-state index contributed by atoms with van der Waals surface area (Å²) in [6, 6.07) is 11.4. The topological polar surface area (TPSA) is 41.5 Å². The third kappa shape index (κ3) is 4.02. The van der Waals surface area contributed by atoms with Gasteiger partial charge in [-0.25, -0.2) is 5.48 Å². The van der Waals surface area contributed by atoms with Crippen molar-refractivity contribution in [1.29, 1.82) is 0 Å². The van der Waals surface area contributed by atoms with E-state index in [1.54, 1.807) is 6.07 Å². The van der Waals surface area contributed by atoms with Gasteiger partial charge < -0.3 is 9.94 Å². The highest BCUT2D eigenvalue weighted by molar-refractivity contribution is 5.71. The molecule has 0 aliphatic heterocycles. The molecule has 0 fully saturated rings. The zero-order valence-electron chi connectivity index (χ0n) is 12.7. The van der Waals surface area contributed by atoms with E-state index in [4.69, 9.17) is 4.84 Å². The second-order valence-corrected chi connectivity index (χ2v) is 5.08. The number of rotatable bonds is 5. The highest BCUT2D eigenvalue weighted by Gasteiger charge is 2.06. The van der Waals surface area contributed by atoms with Crippen molar-refractivity contribution in [2.75, 3.05) is 5.48 Å². The van der Waals surface area contributed by atoms with Gasteiger partial charge in [0, 0.05) is 5.56 Å². The maximum absolute atomic E-state index is 10.0. The smallest absolute Gasteiger partial charge is 0.155 e. The summed E-state index contributed by atoms with van der Waals surface area (Å²) >= 11 is 0. The summed E-state index contributed by atoms with van der Waals surface area (Å²) in [6.45, 7) is 6.11. The average molecular weight is 283 g/mol. The van der Waals surface area contributed by atoms with Crippen molar-refractivity contribution in [2.45, 2.75) is 27.2 Å². The van der Waals surface area contributed by atoms with Gasteiger partial charge in [0.25, 0.3) is 0 Å². The van der Waals surface area contributed by atoms with Gasteiger partial charge in [-0.05, 0) is 49.6 Å². The van der Waals surface area contributed by atoms with Gasteiger partial charge >= 0.3 is 0 Å². The molecule has 3 nitrogen and oxygen atoms in total. The number of allylic oxidation sites excluding steroid dienone is 1. The molecule has 3 heteroatoms. The second-order valence-electron chi connectivity index (χ2n) is 5.08. The molecule has 0 saturated carbocycles. The number of benzene rings is 2. The van der Waals surface area contributed by atoms with Crippen LogP contribution < -0.4 is 10.3 Å². The first-order valence-corrected chi connectivity index (χ1v) is 7.10. The van der Waals surface area contributed by atoms with Crippen LogP contribution in [0.5, 0.6) is 11.5 Å². The number of phenolic OH excluding ortho intramolecular Hbond substituents is 1. The summed E-state index contributed by atoms with van der Waals surface area (Å²) in [5.74, 6) is 0.888. The standard InChI is InChI=1S/C18H21NO2/c1-4-5-7-15-8-6-9-17(20)18(15)19-21-16-11-13(2)10-14(3)12-16/h5-12,19-20H,4H2,1-3H3/b7-5-. The number of aryl methyl sites for hydroxylation is 2. The summed E-state index contributed by atoms with van der Waals surface area (Å²) in [4.78, 5) is 5.61. The Labute approximate surface area is 125 Å². The first kappa shape index (κ1) is 15.0. The van der Waals surface area contributed by atoms with Crippen molar-refractivity contribution in [3.8, 4) is 11.5 Å². The largest absolute Gasteiger partial charge is 0.506 e. The van der Waals surface area contributed by atoms with Gasteiger partial charge in [-0.2, -0.15) is 0 Å². The fourth-order valence-corrected chi connectivity index (χ4v) is 2.15. The minimum absolute atomic E-state index is 0.164. The molecule has 0 saturated heterocycles. The molecule has 110 valence electrons. The number of aromatic hydroxyl groups is 1. The van der Waals surface area contributed by atoms with Crippen molar-refractivity contribution in [1.82, 2.24) is 0 Å². The van der Waals surface area contributed by atoms with Crippen molar-refractivity contribution in [3.63, 3.8) is 0 Å². The summed E-state index contributed by atoms with van der Waals surface area (Å²) in [6.07, 6.45) is 4.94. The number of phenols is 1. The van der Waals surface area contributed by atoms with Crippen LogP contribution in [0.15, 0.2) is 42.5 Å². The van der Waals surface area contributed by atoms with Crippen LogP contribution in [0.4, 0.5) is 5.69 Å². The summed E-state index contributed by atoms with van der Waals surface area (Å²) in [7, 11) is 0. The lowest BCUT2D eigenvalue weighted by molar-refractivity contribution is 0.395. The molecule has 2 aromatic carbocycles. The van der Waals surface area contributed by atoms with Gasteiger partial charge in [0.1, 0.15) is 11.4 Å². The highest BCUT2D eigenvalue weighted by atomic mass is 16.6. The normalized spacial score (nSPS) is 10.8. The maximum atomic E-state index is 10.0. The highest BCUT2D eigenvalue weighted by Crippen LogP contribution is 2.29. The maximum Gasteiger partial charge on any atom is 0.155 e. The minimum atomic E-state index is 0.164. The van der Waals surface area contributed by atoms with Gasteiger partial charge in [0.2, 0.25) is 0 Å². The molecule has 0 aliphatic rings. The molecule has 2 aromatic rings. The fourth-order valence-electron chi connectivity index (χ4n) is 2.15. The Balaban J connectivity index is 2.21. The van der Waals surface area contributed by atoms with E-state index in [1.165, 1.54) is 0 Å². The third-order valence-corrected chi connectivity index (χ3v) is 3.07. The Morgan fingerprint density at radius 1 is 1.14 bits per heavy atom. The van der Waals surface area contributed by atoms with Crippen LogP contribution >= 0.6 is 0 Å². The number of para-hydroxylation sites is 1. The fraction of sp³-hybridized carbons (Fsp3) is 0.222. The van der Waals surface area contributed by atoms with E-state index in [0.29, 0.717) is 5.69 Å². The second kappa shape index (κ2) is 6.84. The first-order valence-electron chi connectivity index (χ1n) is 7.10. The van der Waals surface area contributed by atoms with Crippen LogP contribution in [0.3, 0.4) is 0 Å². The van der Waals surface area contributed by atoms with E-state index >= 15 is 0 Å². The Hall–Kier alpha value is -2.42. The van der Waals surface area contributed by atoms with E-state index in [0.717, 1.165) is 28.9 Å². The lowest BCUT2D eigenvalue weighted by Crippen LogP contribution is -2.06.